The minimum absolute atomic E-state index is 0.0833. The number of rotatable bonds is 0. The van der Waals surface area contributed by atoms with Gasteiger partial charge in [0.1, 0.15) is 0 Å². The molecule has 0 spiro atoms. The molecule has 0 amide bonds. The van der Waals surface area contributed by atoms with Crippen molar-refractivity contribution in [2.75, 3.05) is 20.3 Å². The minimum atomic E-state index is 0.0833. The van der Waals surface area contributed by atoms with E-state index in [9.17, 15) is 0 Å². The molecule has 2 heterocycles. The molecule has 0 aromatic carbocycles. The van der Waals surface area contributed by atoms with Crippen LogP contribution in [0.1, 0.15) is 19.8 Å². The molecule has 0 unspecified atom stereocenters. The molecule has 0 aliphatic carbocycles. The molecule has 2 rings (SSSR count). The Labute approximate surface area is 67.9 Å². The minimum Gasteiger partial charge on any atom is -0.375 e. The first-order chi connectivity index (χ1) is 5.31. The molecule has 0 bridgehead atoms. The molecule has 2 N–H and O–H groups in total. The van der Waals surface area contributed by atoms with E-state index in [0.29, 0.717) is 6.10 Å². The second kappa shape index (κ2) is 3.52. The van der Waals surface area contributed by atoms with E-state index in [1.54, 1.807) is 0 Å². The summed E-state index contributed by atoms with van der Waals surface area (Å²) in [6, 6.07) is 0. The van der Waals surface area contributed by atoms with Gasteiger partial charge in [-0.15, -0.1) is 0 Å². The van der Waals surface area contributed by atoms with Gasteiger partial charge in [-0.2, -0.15) is 0 Å². The van der Waals surface area contributed by atoms with Gasteiger partial charge in [0, 0.05) is 13.0 Å². The van der Waals surface area contributed by atoms with Gasteiger partial charge in [-0.05, 0) is 20.4 Å². The normalized spacial score (nSPS) is 41.2. The lowest BCUT2D eigenvalue weighted by atomic mass is 9.99. The van der Waals surface area contributed by atoms with Crippen LogP contribution in [0.25, 0.3) is 0 Å². The Morgan fingerprint density at radius 2 is 2.09 bits per heavy atom. The Morgan fingerprint density at radius 3 is 2.73 bits per heavy atom. The van der Waals surface area contributed by atoms with Crippen LogP contribution in [0.2, 0.25) is 0 Å². The maximum Gasteiger partial charge on any atom is 0.0937 e. The van der Waals surface area contributed by atoms with E-state index in [2.05, 4.69) is 12.7 Å². The Bertz CT molecular complexity index is 117. The number of fused-ring (bicyclic) bond motifs is 1. The van der Waals surface area contributed by atoms with Crippen molar-refractivity contribution in [3.05, 3.63) is 0 Å². The molecule has 2 aliphatic rings. The summed E-state index contributed by atoms with van der Waals surface area (Å²) in [4.78, 5) is 0. The zero-order valence-electron chi connectivity index (χ0n) is 7.30. The quantitative estimate of drug-likeness (QED) is 0.560. The third-order valence-electron chi connectivity index (χ3n) is 2.41. The highest BCUT2D eigenvalue weighted by molar-refractivity contribution is 4.93. The summed E-state index contributed by atoms with van der Waals surface area (Å²) in [5.41, 5.74) is 4.58. The summed E-state index contributed by atoms with van der Waals surface area (Å²) in [6.07, 6.45) is 2.58. The molecule has 2 fully saturated rings. The summed E-state index contributed by atoms with van der Waals surface area (Å²) in [5, 5.41) is 0. The molecule has 0 radical (unpaired) electrons. The van der Waals surface area contributed by atoms with E-state index in [1.807, 2.05) is 0 Å². The lowest BCUT2D eigenvalue weighted by Crippen LogP contribution is -2.30. The van der Waals surface area contributed by atoms with Crippen molar-refractivity contribution in [3.63, 3.8) is 0 Å². The maximum atomic E-state index is 5.54. The highest BCUT2D eigenvalue weighted by Crippen LogP contribution is 2.36. The van der Waals surface area contributed by atoms with Crippen molar-refractivity contribution in [2.24, 2.45) is 5.73 Å². The fourth-order valence-electron chi connectivity index (χ4n) is 1.69. The molecule has 2 saturated heterocycles. The van der Waals surface area contributed by atoms with Crippen molar-refractivity contribution >= 4 is 0 Å². The highest BCUT2D eigenvalue weighted by atomic mass is 16.6. The van der Waals surface area contributed by atoms with Crippen molar-refractivity contribution in [3.8, 4) is 0 Å². The number of hydrogen-bond donors (Lipinski definition) is 1. The van der Waals surface area contributed by atoms with Crippen LogP contribution in [-0.4, -0.2) is 32.0 Å². The average Bonchev–Trinajstić information content (AvgIpc) is 2.49. The molecule has 3 heteroatoms. The zero-order valence-corrected chi connectivity index (χ0v) is 7.30. The lowest BCUT2D eigenvalue weighted by Gasteiger charge is -2.19. The van der Waals surface area contributed by atoms with Crippen LogP contribution in [0.5, 0.6) is 0 Å². The SMILES string of the molecule is CN.C[C@@]12CCO[C@@H]1CCO2. The first kappa shape index (κ1) is 8.97. The molecule has 66 valence electrons. The molecule has 11 heavy (non-hydrogen) atoms. The van der Waals surface area contributed by atoms with Gasteiger partial charge in [-0.25, -0.2) is 0 Å². The fraction of sp³-hybridized carbons (Fsp3) is 1.00. The van der Waals surface area contributed by atoms with Gasteiger partial charge >= 0.3 is 0 Å². The second-order valence-corrected chi connectivity index (χ2v) is 3.06. The summed E-state index contributed by atoms with van der Waals surface area (Å²) in [5.74, 6) is 0. The van der Waals surface area contributed by atoms with E-state index in [-0.39, 0.29) is 5.60 Å². The van der Waals surface area contributed by atoms with Gasteiger partial charge in [0.25, 0.3) is 0 Å². The van der Waals surface area contributed by atoms with E-state index in [4.69, 9.17) is 9.47 Å². The van der Waals surface area contributed by atoms with Crippen LogP contribution < -0.4 is 5.73 Å². The molecule has 0 aromatic heterocycles. The van der Waals surface area contributed by atoms with Crippen molar-refractivity contribution in [1.82, 2.24) is 0 Å². The number of hydrogen-bond acceptors (Lipinski definition) is 3. The maximum absolute atomic E-state index is 5.54. The molecule has 2 aliphatic heterocycles. The number of nitrogens with two attached hydrogens (primary N) is 1. The van der Waals surface area contributed by atoms with Crippen molar-refractivity contribution in [2.45, 2.75) is 31.5 Å². The first-order valence-electron chi connectivity index (χ1n) is 4.15. The van der Waals surface area contributed by atoms with Crippen LogP contribution in [0, 0.1) is 0 Å². The average molecular weight is 159 g/mol. The lowest BCUT2D eigenvalue weighted by molar-refractivity contribution is -0.00576. The van der Waals surface area contributed by atoms with Crippen LogP contribution in [0.3, 0.4) is 0 Å². The Hall–Kier alpha value is -0.120. The Balaban J connectivity index is 0.000000281. The molecule has 2 atom stereocenters. The largest absolute Gasteiger partial charge is 0.375 e. The van der Waals surface area contributed by atoms with Crippen LogP contribution >= 0.6 is 0 Å². The van der Waals surface area contributed by atoms with Crippen LogP contribution in [-0.2, 0) is 9.47 Å². The van der Waals surface area contributed by atoms with Crippen LogP contribution in [0.4, 0.5) is 0 Å². The van der Waals surface area contributed by atoms with Crippen molar-refractivity contribution < 1.29 is 9.47 Å². The topological polar surface area (TPSA) is 44.5 Å². The van der Waals surface area contributed by atoms with Gasteiger partial charge in [0.05, 0.1) is 18.3 Å². The summed E-state index contributed by atoms with van der Waals surface area (Å²) in [6.45, 7) is 3.93. The number of ether oxygens (including phenoxy) is 2. The molecular weight excluding hydrogens is 142 g/mol. The van der Waals surface area contributed by atoms with E-state index in [1.165, 1.54) is 7.05 Å². The van der Waals surface area contributed by atoms with Gasteiger partial charge in [-0.1, -0.05) is 0 Å². The summed E-state index contributed by atoms with van der Waals surface area (Å²) >= 11 is 0. The molecule has 0 aromatic rings. The second-order valence-electron chi connectivity index (χ2n) is 3.06. The van der Waals surface area contributed by atoms with Crippen molar-refractivity contribution in [1.29, 1.82) is 0 Å². The van der Waals surface area contributed by atoms with E-state index >= 15 is 0 Å². The van der Waals surface area contributed by atoms with E-state index in [0.717, 1.165) is 26.1 Å². The summed E-state index contributed by atoms with van der Waals surface area (Å²) in [7, 11) is 1.50. The zero-order chi connectivity index (χ0) is 8.32. The smallest absolute Gasteiger partial charge is 0.0937 e. The third-order valence-corrected chi connectivity index (χ3v) is 2.41. The van der Waals surface area contributed by atoms with Gasteiger partial charge in [0.2, 0.25) is 0 Å². The van der Waals surface area contributed by atoms with E-state index < -0.39 is 0 Å². The van der Waals surface area contributed by atoms with Gasteiger partial charge < -0.3 is 15.2 Å². The molecule has 3 nitrogen and oxygen atoms in total. The fourth-order valence-corrected chi connectivity index (χ4v) is 1.69. The van der Waals surface area contributed by atoms with Gasteiger partial charge in [0.15, 0.2) is 0 Å². The predicted molar refractivity (Wildman–Crippen MR) is 43.4 cm³/mol. The Morgan fingerprint density at radius 1 is 1.36 bits per heavy atom. The Kier molecular flexibility index (Phi) is 2.87. The highest BCUT2D eigenvalue weighted by Gasteiger charge is 2.44. The third kappa shape index (κ3) is 1.55. The predicted octanol–water partition coefficient (Wildman–Crippen LogP) is 0.529. The first-order valence-corrected chi connectivity index (χ1v) is 4.15. The summed E-state index contributed by atoms with van der Waals surface area (Å²) < 4.78 is 11.0. The molecule has 0 saturated carbocycles. The molecular formula is C8H17NO2. The monoisotopic (exact) mass is 159 g/mol. The van der Waals surface area contributed by atoms with Crippen LogP contribution in [0.15, 0.2) is 0 Å². The standard InChI is InChI=1S/C7H12O2.CH5N/c1-7-3-5-8-6(7)2-4-9-7;1-2/h6H,2-5H2,1H3;2H2,1H3/t6-,7-;/m1./s1. The van der Waals surface area contributed by atoms with Gasteiger partial charge in [-0.3, -0.25) is 0 Å².